The molecule has 0 radical (unpaired) electrons. The molecule has 7 heteroatoms. The summed E-state index contributed by atoms with van der Waals surface area (Å²) in [6, 6.07) is 17.5. The van der Waals surface area contributed by atoms with Gasteiger partial charge in [0.2, 0.25) is 0 Å². The van der Waals surface area contributed by atoms with Gasteiger partial charge in [0.15, 0.2) is 0 Å². The summed E-state index contributed by atoms with van der Waals surface area (Å²) < 4.78 is 5.69. The van der Waals surface area contributed by atoms with E-state index in [-0.39, 0.29) is 23.6 Å². The monoisotopic (exact) mass is 458 g/mol. The number of likely N-dealkylation sites (tertiary alicyclic amines) is 1. The Labute approximate surface area is 198 Å². The first-order chi connectivity index (χ1) is 16.3. The van der Waals surface area contributed by atoms with Gasteiger partial charge in [-0.25, -0.2) is 0 Å². The molecule has 4 rings (SSSR count). The number of aliphatic hydroxyl groups is 1. The van der Waals surface area contributed by atoms with Crippen LogP contribution in [-0.4, -0.2) is 38.4 Å². The zero-order valence-electron chi connectivity index (χ0n) is 19.0. The van der Waals surface area contributed by atoms with Crippen LogP contribution >= 0.6 is 0 Å². The maximum atomic E-state index is 13.1. The van der Waals surface area contributed by atoms with Crippen molar-refractivity contribution in [3.8, 4) is 11.5 Å². The highest BCUT2D eigenvalue weighted by atomic mass is 16.5. The lowest BCUT2D eigenvalue weighted by Crippen LogP contribution is -2.29. The zero-order chi connectivity index (χ0) is 24.2. The van der Waals surface area contributed by atoms with Crippen molar-refractivity contribution >= 4 is 17.4 Å². The maximum Gasteiger partial charge on any atom is 0.296 e. The van der Waals surface area contributed by atoms with Crippen LogP contribution in [0.2, 0.25) is 0 Å². The first-order valence-corrected chi connectivity index (χ1v) is 11.1. The number of hydrogen-bond donors (Lipinski definition) is 2. The number of nitrogens with zero attached hydrogens (tertiary/aromatic N) is 2. The predicted octanol–water partition coefficient (Wildman–Crippen LogP) is 4.44. The number of aromatic hydroxyl groups is 1. The molecule has 3 aromatic rings. The van der Waals surface area contributed by atoms with Gasteiger partial charge in [-0.2, -0.15) is 0 Å². The fraction of sp³-hybridized carbons (Fsp3) is 0.222. The summed E-state index contributed by atoms with van der Waals surface area (Å²) in [7, 11) is 0. The Hall–Kier alpha value is -4.13. The molecule has 1 unspecified atom stereocenters. The maximum absolute atomic E-state index is 13.1. The number of hydrogen-bond acceptors (Lipinski definition) is 6. The molecule has 1 aliphatic rings. The number of carbonyl (C=O) groups is 2. The average molecular weight is 459 g/mol. The highest BCUT2D eigenvalue weighted by molar-refractivity contribution is 6.46. The summed E-state index contributed by atoms with van der Waals surface area (Å²) >= 11 is 0. The number of ketones is 1. The molecule has 2 aromatic carbocycles. The average Bonchev–Trinajstić information content (AvgIpc) is 3.08. The second-order valence-corrected chi connectivity index (χ2v) is 8.57. The van der Waals surface area contributed by atoms with E-state index >= 15 is 0 Å². The number of phenolic OH excluding ortho intramolecular Hbond substituents is 1. The zero-order valence-corrected chi connectivity index (χ0v) is 19.0. The minimum absolute atomic E-state index is 0.0116. The molecule has 2 heterocycles. The Morgan fingerprint density at radius 2 is 1.74 bits per heavy atom. The fourth-order valence-corrected chi connectivity index (χ4v) is 3.84. The fourth-order valence-electron chi connectivity index (χ4n) is 3.84. The van der Waals surface area contributed by atoms with Crippen molar-refractivity contribution in [2.45, 2.75) is 26.4 Å². The van der Waals surface area contributed by atoms with Crippen LogP contribution in [0.4, 0.5) is 0 Å². The molecule has 1 aromatic heterocycles. The molecule has 0 bridgehead atoms. The number of benzene rings is 2. The third-order valence-corrected chi connectivity index (χ3v) is 5.52. The molecule has 0 saturated carbocycles. The number of amides is 1. The SMILES string of the molecule is CC(C)COc1ccc(/C(O)=C2\C(=O)C(=O)N(Cc3ccccn3)C2c2ccc(O)cc2)cc1. The van der Waals surface area contributed by atoms with E-state index < -0.39 is 17.7 Å². The number of phenols is 1. The predicted molar refractivity (Wildman–Crippen MR) is 127 cm³/mol. The van der Waals surface area contributed by atoms with Crippen LogP contribution in [0.1, 0.15) is 36.7 Å². The molecule has 7 nitrogen and oxygen atoms in total. The smallest absolute Gasteiger partial charge is 0.296 e. The van der Waals surface area contributed by atoms with Gasteiger partial charge in [0.05, 0.1) is 30.5 Å². The second-order valence-electron chi connectivity index (χ2n) is 8.57. The summed E-state index contributed by atoms with van der Waals surface area (Å²) in [5.41, 5.74) is 1.59. The molecule has 1 saturated heterocycles. The first-order valence-electron chi connectivity index (χ1n) is 11.1. The third kappa shape index (κ3) is 4.78. The van der Waals surface area contributed by atoms with Gasteiger partial charge in [-0.3, -0.25) is 14.6 Å². The lowest BCUT2D eigenvalue weighted by molar-refractivity contribution is -0.140. The second kappa shape index (κ2) is 9.79. The number of pyridine rings is 1. The molecule has 34 heavy (non-hydrogen) atoms. The number of ether oxygens (including phenoxy) is 1. The summed E-state index contributed by atoms with van der Waals surface area (Å²) in [6.45, 7) is 4.75. The Balaban J connectivity index is 1.75. The van der Waals surface area contributed by atoms with Gasteiger partial charge in [0, 0.05) is 11.8 Å². The normalized spacial score (nSPS) is 17.4. The van der Waals surface area contributed by atoms with Gasteiger partial charge in [0.25, 0.3) is 11.7 Å². The van der Waals surface area contributed by atoms with Crippen molar-refractivity contribution in [3.63, 3.8) is 0 Å². The van der Waals surface area contributed by atoms with Crippen LogP contribution < -0.4 is 4.74 Å². The van der Waals surface area contributed by atoms with Crippen LogP contribution in [0.3, 0.4) is 0 Å². The van der Waals surface area contributed by atoms with Crippen molar-refractivity contribution in [2.24, 2.45) is 5.92 Å². The number of carbonyl (C=O) groups excluding carboxylic acids is 2. The van der Waals surface area contributed by atoms with Crippen molar-refractivity contribution in [3.05, 3.63) is 95.3 Å². The van der Waals surface area contributed by atoms with Gasteiger partial charge >= 0.3 is 0 Å². The summed E-state index contributed by atoms with van der Waals surface area (Å²) in [5.74, 6) is -0.684. The molecular weight excluding hydrogens is 432 g/mol. The van der Waals surface area contributed by atoms with Gasteiger partial charge in [0.1, 0.15) is 17.3 Å². The van der Waals surface area contributed by atoms with Gasteiger partial charge in [-0.15, -0.1) is 0 Å². The van der Waals surface area contributed by atoms with E-state index in [1.54, 1.807) is 60.8 Å². The minimum atomic E-state index is -0.834. The summed E-state index contributed by atoms with van der Waals surface area (Å²) in [4.78, 5) is 31.8. The number of aromatic nitrogens is 1. The Morgan fingerprint density at radius 1 is 1.03 bits per heavy atom. The van der Waals surface area contributed by atoms with E-state index in [0.29, 0.717) is 35.1 Å². The molecule has 2 N–H and O–H groups in total. The highest BCUT2D eigenvalue weighted by Gasteiger charge is 2.46. The van der Waals surface area contributed by atoms with Crippen molar-refractivity contribution in [1.82, 2.24) is 9.88 Å². The summed E-state index contributed by atoms with van der Waals surface area (Å²) in [5, 5.41) is 20.9. The topological polar surface area (TPSA) is 100.0 Å². The van der Waals surface area contributed by atoms with Crippen LogP contribution in [0.15, 0.2) is 78.5 Å². The quantitative estimate of drug-likeness (QED) is 0.308. The standard InChI is InChI=1S/C27H26N2O5/c1-17(2)16-34-22-12-8-19(9-13-22)25(31)23-24(18-6-10-21(30)11-7-18)29(27(33)26(23)32)15-20-5-3-4-14-28-20/h3-14,17,24,30-31H,15-16H2,1-2H3/b25-23+. The van der Waals surface area contributed by atoms with Crippen molar-refractivity contribution in [1.29, 1.82) is 0 Å². The molecule has 1 atom stereocenters. The van der Waals surface area contributed by atoms with E-state index in [1.807, 2.05) is 13.8 Å². The van der Waals surface area contributed by atoms with Crippen LogP contribution in [-0.2, 0) is 16.1 Å². The molecule has 1 aliphatic heterocycles. The number of Topliss-reactive ketones (excluding diaryl/α,β-unsaturated/α-hetero) is 1. The lowest BCUT2D eigenvalue weighted by Gasteiger charge is -2.25. The molecule has 0 spiro atoms. The van der Waals surface area contributed by atoms with Crippen molar-refractivity contribution in [2.75, 3.05) is 6.61 Å². The van der Waals surface area contributed by atoms with E-state index in [2.05, 4.69) is 4.98 Å². The molecule has 1 fully saturated rings. The van der Waals surface area contributed by atoms with E-state index in [4.69, 9.17) is 4.74 Å². The molecule has 1 amide bonds. The van der Waals surface area contributed by atoms with Gasteiger partial charge < -0.3 is 19.8 Å². The molecule has 174 valence electrons. The Kier molecular flexibility index (Phi) is 6.63. The van der Waals surface area contributed by atoms with E-state index in [9.17, 15) is 19.8 Å². The summed E-state index contributed by atoms with van der Waals surface area (Å²) in [6.07, 6.45) is 1.62. The Bertz CT molecular complexity index is 1200. The Morgan fingerprint density at radius 3 is 2.35 bits per heavy atom. The lowest BCUT2D eigenvalue weighted by atomic mass is 9.95. The van der Waals surface area contributed by atoms with E-state index in [0.717, 1.165) is 0 Å². The van der Waals surface area contributed by atoms with Crippen LogP contribution in [0.5, 0.6) is 11.5 Å². The number of rotatable bonds is 7. The van der Waals surface area contributed by atoms with Crippen LogP contribution in [0.25, 0.3) is 5.76 Å². The van der Waals surface area contributed by atoms with Crippen LogP contribution in [0, 0.1) is 5.92 Å². The third-order valence-electron chi connectivity index (χ3n) is 5.52. The minimum Gasteiger partial charge on any atom is -0.508 e. The first kappa shape index (κ1) is 23.0. The highest BCUT2D eigenvalue weighted by Crippen LogP contribution is 2.40. The number of aliphatic hydroxyl groups excluding tert-OH is 1. The molecular formula is C27H26N2O5. The van der Waals surface area contributed by atoms with Crippen molar-refractivity contribution < 1.29 is 24.5 Å². The molecule has 0 aliphatic carbocycles. The van der Waals surface area contributed by atoms with E-state index in [1.165, 1.54) is 17.0 Å². The van der Waals surface area contributed by atoms with Gasteiger partial charge in [-0.05, 0) is 60.0 Å². The largest absolute Gasteiger partial charge is 0.508 e. The van der Waals surface area contributed by atoms with Gasteiger partial charge in [-0.1, -0.05) is 32.0 Å².